The van der Waals surface area contributed by atoms with Gasteiger partial charge in [-0.05, 0) is 19.3 Å². The van der Waals surface area contributed by atoms with Gasteiger partial charge in [0.15, 0.2) is 0 Å². The Balaban J connectivity index is 2.05. The van der Waals surface area contributed by atoms with E-state index in [9.17, 15) is 4.79 Å². The normalized spacial score (nSPS) is 33.6. The van der Waals surface area contributed by atoms with E-state index in [0.717, 1.165) is 38.7 Å². The van der Waals surface area contributed by atoms with Crippen LogP contribution in [0, 0.1) is 0 Å². The van der Waals surface area contributed by atoms with Gasteiger partial charge in [0.1, 0.15) is 0 Å². The van der Waals surface area contributed by atoms with Crippen LogP contribution in [-0.4, -0.2) is 42.3 Å². The van der Waals surface area contributed by atoms with E-state index in [0.29, 0.717) is 18.6 Å². The van der Waals surface area contributed by atoms with Crippen LogP contribution < -0.4 is 5.32 Å². The molecular formula is C13H24N2O2. The van der Waals surface area contributed by atoms with E-state index in [4.69, 9.17) is 4.74 Å². The second-order valence-electron chi connectivity index (χ2n) is 5.08. The fourth-order valence-electron chi connectivity index (χ4n) is 2.88. The van der Waals surface area contributed by atoms with Gasteiger partial charge in [-0.1, -0.05) is 26.7 Å². The quantitative estimate of drug-likeness (QED) is 0.792. The summed E-state index contributed by atoms with van der Waals surface area (Å²) in [7, 11) is 0. The molecule has 0 bridgehead atoms. The number of ether oxygens (including phenoxy) is 1. The van der Waals surface area contributed by atoms with Crippen molar-refractivity contribution in [3.8, 4) is 0 Å². The molecule has 2 fully saturated rings. The average molecular weight is 240 g/mol. The third-order valence-electron chi connectivity index (χ3n) is 3.72. The zero-order chi connectivity index (χ0) is 12.3. The Labute approximate surface area is 104 Å². The van der Waals surface area contributed by atoms with Crippen molar-refractivity contribution in [2.24, 2.45) is 0 Å². The van der Waals surface area contributed by atoms with Gasteiger partial charge in [-0.3, -0.25) is 10.1 Å². The molecular weight excluding hydrogens is 216 g/mol. The number of rotatable bonds is 5. The number of nitrogens with one attached hydrogen (secondary N) is 1. The van der Waals surface area contributed by atoms with Crippen molar-refractivity contribution < 1.29 is 9.53 Å². The molecule has 1 amide bonds. The van der Waals surface area contributed by atoms with Gasteiger partial charge in [0.25, 0.3) is 0 Å². The number of hydrogen-bond acceptors (Lipinski definition) is 3. The molecule has 4 nitrogen and oxygen atoms in total. The molecule has 2 aliphatic heterocycles. The highest BCUT2D eigenvalue weighted by Gasteiger charge is 2.42. The van der Waals surface area contributed by atoms with Crippen molar-refractivity contribution in [2.75, 3.05) is 13.2 Å². The molecule has 0 aromatic carbocycles. The van der Waals surface area contributed by atoms with Crippen LogP contribution in [0.2, 0.25) is 0 Å². The highest BCUT2D eigenvalue weighted by atomic mass is 16.5. The van der Waals surface area contributed by atoms with Crippen LogP contribution in [0.5, 0.6) is 0 Å². The Kier molecular flexibility index (Phi) is 4.40. The molecule has 0 aliphatic carbocycles. The monoisotopic (exact) mass is 240 g/mol. The van der Waals surface area contributed by atoms with Crippen molar-refractivity contribution in [3.05, 3.63) is 0 Å². The summed E-state index contributed by atoms with van der Waals surface area (Å²) in [5, 5.41) is 3.49. The fraction of sp³-hybridized carbons (Fsp3) is 0.923. The number of nitrogens with zero attached hydrogens (tertiary/aromatic N) is 1. The first-order chi connectivity index (χ1) is 8.27. The van der Waals surface area contributed by atoms with Gasteiger partial charge >= 0.3 is 0 Å². The van der Waals surface area contributed by atoms with Crippen LogP contribution in [-0.2, 0) is 9.53 Å². The van der Waals surface area contributed by atoms with Crippen LogP contribution in [0.25, 0.3) is 0 Å². The largest absolute Gasteiger partial charge is 0.379 e. The third kappa shape index (κ3) is 2.63. The average Bonchev–Trinajstić information content (AvgIpc) is 2.90. The maximum Gasteiger partial charge on any atom is 0.241 e. The smallest absolute Gasteiger partial charge is 0.241 e. The predicted octanol–water partition coefficient (Wildman–Crippen LogP) is 1.50. The molecule has 1 N–H and O–H groups in total. The summed E-state index contributed by atoms with van der Waals surface area (Å²) in [5.41, 5.74) is 0. The van der Waals surface area contributed by atoms with Crippen molar-refractivity contribution >= 4 is 5.91 Å². The minimum absolute atomic E-state index is 0.0390. The number of hydrogen-bond donors (Lipinski definition) is 1. The molecule has 2 saturated heterocycles. The molecule has 2 aliphatic rings. The predicted molar refractivity (Wildman–Crippen MR) is 66.6 cm³/mol. The summed E-state index contributed by atoms with van der Waals surface area (Å²) in [6, 6.07) is 0.338. The van der Waals surface area contributed by atoms with Crippen LogP contribution in [0.3, 0.4) is 0 Å². The SMILES string of the molecule is CCCC1NC(CCC)N(C2CCOC2)C1=O. The topological polar surface area (TPSA) is 41.6 Å². The minimum Gasteiger partial charge on any atom is -0.379 e. The molecule has 3 atom stereocenters. The molecule has 98 valence electrons. The summed E-state index contributed by atoms with van der Waals surface area (Å²) in [6.07, 6.45) is 5.37. The highest BCUT2D eigenvalue weighted by Crippen LogP contribution is 2.24. The van der Waals surface area contributed by atoms with Gasteiger partial charge in [0.05, 0.1) is 24.9 Å². The number of amides is 1. The summed E-state index contributed by atoms with van der Waals surface area (Å²) in [6.45, 7) is 5.81. The van der Waals surface area contributed by atoms with E-state index < -0.39 is 0 Å². The van der Waals surface area contributed by atoms with Gasteiger partial charge < -0.3 is 9.64 Å². The number of carbonyl (C=O) groups is 1. The molecule has 3 unspecified atom stereocenters. The molecule has 17 heavy (non-hydrogen) atoms. The van der Waals surface area contributed by atoms with Gasteiger partial charge in [0, 0.05) is 6.61 Å². The molecule has 0 spiro atoms. The maximum absolute atomic E-state index is 12.4. The van der Waals surface area contributed by atoms with E-state index in [1.54, 1.807) is 0 Å². The second kappa shape index (κ2) is 5.83. The first-order valence-corrected chi connectivity index (χ1v) is 6.93. The molecule has 2 heterocycles. The molecule has 0 aromatic heterocycles. The fourth-order valence-corrected chi connectivity index (χ4v) is 2.88. The standard InChI is InChI=1S/C13H24N2O2/c1-3-5-11-13(16)15(10-7-8-17-9-10)12(14-11)6-4-2/h10-12,14H,3-9H2,1-2H3. The van der Waals surface area contributed by atoms with Crippen molar-refractivity contribution in [2.45, 2.75) is 64.2 Å². The van der Waals surface area contributed by atoms with Crippen LogP contribution in [0.15, 0.2) is 0 Å². The lowest BCUT2D eigenvalue weighted by Crippen LogP contribution is -2.44. The van der Waals surface area contributed by atoms with Gasteiger partial charge in [0.2, 0.25) is 5.91 Å². The van der Waals surface area contributed by atoms with Crippen LogP contribution in [0.4, 0.5) is 0 Å². The minimum atomic E-state index is 0.0390. The molecule has 4 heteroatoms. The zero-order valence-corrected chi connectivity index (χ0v) is 10.9. The number of carbonyl (C=O) groups excluding carboxylic acids is 1. The van der Waals surface area contributed by atoms with E-state index in [-0.39, 0.29) is 12.2 Å². The lowest BCUT2D eigenvalue weighted by atomic mass is 10.1. The van der Waals surface area contributed by atoms with Crippen molar-refractivity contribution in [1.82, 2.24) is 10.2 Å². The lowest BCUT2D eigenvalue weighted by Gasteiger charge is -2.29. The zero-order valence-electron chi connectivity index (χ0n) is 10.9. The Hall–Kier alpha value is -0.610. The first kappa shape index (κ1) is 12.8. The summed E-state index contributed by atoms with van der Waals surface area (Å²) in [5.74, 6) is 0.292. The van der Waals surface area contributed by atoms with E-state index >= 15 is 0 Å². The third-order valence-corrected chi connectivity index (χ3v) is 3.72. The Morgan fingerprint density at radius 2 is 2.12 bits per heavy atom. The van der Waals surface area contributed by atoms with Crippen LogP contribution in [0.1, 0.15) is 46.0 Å². The molecule has 0 radical (unpaired) electrons. The summed E-state index contributed by atoms with van der Waals surface area (Å²) in [4.78, 5) is 14.4. The molecule has 2 rings (SSSR count). The second-order valence-corrected chi connectivity index (χ2v) is 5.08. The van der Waals surface area contributed by atoms with Gasteiger partial charge in [-0.25, -0.2) is 0 Å². The van der Waals surface area contributed by atoms with Gasteiger partial charge in [-0.2, -0.15) is 0 Å². The Morgan fingerprint density at radius 1 is 1.35 bits per heavy atom. The lowest BCUT2D eigenvalue weighted by molar-refractivity contribution is -0.132. The van der Waals surface area contributed by atoms with E-state index in [1.165, 1.54) is 0 Å². The summed E-state index contributed by atoms with van der Waals surface area (Å²) < 4.78 is 5.42. The van der Waals surface area contributed by atoms with E-state index in [2.05, 4.69) is 24.1 Å². The Morgan fingerprint density at radius 3 is 2.71 bits per heavy atom. The van der Waals surface area contributed by atoms with E-state index in [1.807, 2.05) is 0 Å². The molecule has 0 saturated carbocycles. The van der Waals surface area contributed by atoms with Gasteiger partial charge in [-0.15, -0.1) is 0 Å². The maximum atomic E-state index is 12.4. The first-order valence-electron chi connectivity index (χ1n) is 6.93. The van der Waals surface area contributed by atoms with Crippen molar-refractivity contribution in [3.63, 3.8) is 0 Å². The Bertz CT molecular complexity index is 264. The van der Waals surface area contributed by atoms with Crippen LogP contribution >= 0.6 is 0 Å². The van der Waals surface area contributed by atoms with Crippen molar-refractivity contribution in [1.29, 1.82) is 0 Å². The summed E-state index contributed by atoms with van der Waals surface area (Å²) >= 11 is 0. The molecule has 0 aromatic rings. The highest BCUT2D eigenvalue weighted by molar-refractivity contribution is 5.84.